The first-order valence-electron chi connectivity index (χ1n) is 16.8. The number of benzene rings is 3. The molecule has 0 saturated carbocycles. The molecule has 6 aromatic rings. The molecule has 306 valence electrons. The highest BCUT2D eigenvalue weighted by Gasteiger charge is 2.10. The number of rotatable bonds is 16. The van der Waals surface area contributed by atoms with Gasteiger partial charge in [-0.3, -0.25) is 0 Å². The van der Waals surface area contributed by atoms with E-state index in [1.54, 1.807) is 64.8 Å². The van der Waals surface area contributed by atoms with E-state index in [-0.39, 0.29) is 21.6 Å². The highest BCUT2D eigenvalue weighted by atomic mass is 35.5. The van der Waals surface area contributed by atoms with Crippen molar-refractivity contribution in [1.82, 2.24) is 44.9 Å². The molecule has 0 aliphatic rings. The summed E-state index contributed by atoms with van der Waals surface area (Å²) in [5.41, 5.74) is 2.92. The largest absolute Gasteiger partial charge is 0.508 e. The van der Waals surface area contributed by atoms with Crippen molar-refractivity contribution >= 4 is 69.7 Å². The van der Waals surface area contributed by atoms with E-state index < -0.39 is 0 Å². The van der Waals surface area contributed by atoms with Crippen LogP contribution in [0.5, 0.6) is 28.7 Å². The second-order valence-corrected chi connectivity index (χ2v) is 12.0. The Labute approximate surface area is 348 Å². The molecule has 0 fully saturated rings. The van der Waals surface area contributed by atoms with Gasteiger partial charge in [0.1, 0.15) is 37.9 Å². The van der Waals surface area contributed by atoms with Crippen LogP contribution >= 0.6 is 34.8 Å². The number of anilines is 6. The van der Waals surface area contributed by atoms with Gasteiger partial charge in [-0.2, -0.15) is 15.0 Å². The van der Waals surface area contributed by atoms with Crippen molar-refractivity contribution in [3.05, 3.63) is 95.0 Å². The molecule has 3 aromatic heterocycles. The number of aryl methyl sites for hydroxylation is 1. The van der Waals surface area contributed by atoms with Gasteiger partial charge >= 0.3 is 0 Å². The Bertz CT molecular complexity index is 2180. The summed E-state index contributed by atoms with van der Waals surface area (Å²) in [6, 6.07) is 16.1. The number of aromatic nitrogens is 9. The van der Waals surface area contributed by atoms with Crippen molar-refractivity contribution in [2.75, 3.05) is 70.8 Å². The molecule has 58 heavy (non-hydrogen) atoms. The lowest BCUT2D eigenvalue weighted by Crippen LogP contribution is -2.06. The van der Waals surface area contributed by atoms with E-state index >= 15 is 0 Å². The minimum Gasteiger partial charge on any atom is -0.508 e. The fourth-order valence-electron chi connectivity index (χ4n) is 4.29. The Hall–Kier alpha value is -6.12. The molecule has 0 saturated heterocycles. The van der Waals surface area contributed by atoms with Crippen LogP contribution in [-0.2, 0) is 9.47 Å². The molecular weight excluding hydrogens is 819 g/mol. The number of nitrogens with zero attached hydrogens (tertiary/aromatic N) is 9. The summed E-state index contributed by atoms with van der Waals surface area (Å²) in [6.45, 7) is 3.61. The lowest BCUT2D eigenvalue weighted by molar-refractivity contribution is 0.144. The molecule has 19 nitrogen and oxygen atoms in total. The highest BCUT2D eigenvalue weighted by molar-refractivity contribution is 6.30. The lowest BCUT2D eigenvalue weighted by Gasteiger charge is -2.13. The maximum Gasteiger partial charge on any atom is 0.232 e. The average molecular weight is 858 g/mol. The van der Waals surface area contributed by atoms with E-state index in [1.165, 1.54) is 19.0 Å². The molecule has 0 bridgehead atoms. The molecular formula is C36H39Cl3N12O7. The predicted molar refractivity (Wildman–Crippen MR) is 218 cm³/mol. The molecule has 22 heteroatoms. The SMILES string of the molecule is COCCOc1cc(Nc2ncnc(Cl)n2)ccc1OC.COCCOc1cc(Nc2ncnc(Nc3ccc(C)c(O)c3)n2)ccc1OC.Clc1ncnc(Cl)n1. The topological polar surface area (TPSA) is 228 Å². The Morgan fingerprint density at radius 1 is 0.500 bits per heavy atom. The average Bonchev–Trinajstić information content (AvgIpc) is 3.20. The van der Waals surface area contributed by atoms with Crippen LogP contribution in [0.1, 0.15) is 5.56 Å². The number of methoxy groups -OCH3 is 4. The van der Waals surface area contributed by atoms with Gasteiger partial charge in [0.25, 0.3) is 0 Å². The molecule has 0 spiro atoms. The summed E-state index contributed by atoms with van der Waals surface area (Å²) in [4.78, 5) is 34.7. The summed E-state index contributed by atoms with van der Waals surface area (Å²) in [6.07, 6.45) is 3.97. The minimum absolute atomic E-state index is 0.116. The maximum atomic E-state index is 9.84. The number of halogens is 3. The van der Waals surface area contributed by atoms with Crippen LogP contribution in [0.25, 0.3) is 0 Å². The monoisotopic (exact) mass is 856 g/mol. The van der Waals surface area contributed by atoms with Gasteiger partial charge in [-0.05, 0) is 77.6 Å². The number of nitrogens with one attached hydrogen (secondary N) is 3. The summed E-state index contributed by atoms with van der Waals surface area (Å²) in [7, 11) is 6.39. The number of hydrogen-bond acceptors (Lipinski definition) is 19. The van der Waals surface area contributed by atoms with Gasteiger partial charge in [-0.15, -0.1) is 0 Å². The van der Waals surface area contributed by atoms with Crippen LogP contribution in [0.2, 0.25) is 15.9 Å². The molecule has 0 amide bonds. The number of hydrogen-bond donors (Lipinski definition) is 4. The van der Waals surface area contributed by atoms with Gasteiger partial charge in [0, 0.05) is 49.5 Å². The molecule has 0 atom stereocenters. The predicted octanol–water partition coefficient (Wildman–Crippen LogP) is 6.89. The Morgan fingerprint density at radius 3 is 1.33 bits per heavy atom. The van der Waals surface area contributed by atoms with Crippen LogP contribution in [0, 0.1) is 6.92 Å². The van der Waals surface area contributed by atoms with Crippen molar-refractivity contribution in [2.24, 2.45) is 0 Å². The molecule has 3 heterocycles. The van der Waals surface area contributed by atoms with Gasteiger partial charge in [0.15, 0.2) is 23.0 Å². The zero-order chi connectivity index (χ0) is 41.7. The molecule has 3 aromatic carbocycles. The van der Waals surface area contributed by atoms with Crippen LogP contribution in [0.4, 0.5) is 34.9 Å². The summed E-state index contributed by atoms with van der Waals surface area (Å²) in [5.74, 6) is 3.67. The molecule has 0 aliphatic carbocycles. The first kappa shape index (κ1) is 44.6. The van der Waals surface area contributed by atoms with E-state index in [0.29, 0.717) is 73.0 Å². The number of phenols is 1. The normalized spacial score (nSPS) is 10.2. The fraction of sp³-hybridized carbons (Fsp3) is 0.250. The standard InChI is InChI=1S/C20H23N5O4.C13H15ClN4O3.C3HCl2N3/c1-13-4-5-14(10-16(13)26)23-19-21-12-22-20(25-19)24-15-6-7-17(28-3)18(11-15)29-9-8-27-2;1-19-5-6-21-11-7-9(3-4-10(11)20-2)17-13-16-8-15-12(14)18-13;4-2-6-1-7-3(5)8-2/h4-7,10-12,26H,8-9H2,1-3H3,(H2,21,22,23,24,25);3-4,7-8H,5-6H2,1-2H3,(H,15,16,17,18);1H. The second kappa shape index (κ2) is 23.8. The van der Waals surface area contributed by atoms with Crippen LogP contribution in [-0.4, -0.2) is 105 Å². The molecule has 0 unspecified atom stereocenters. The summed E-state index contributed by atoms with van der Waals surface area (Å²) >= 11 is 16.3. The van der Waals surface area contributed by atoms with Crippen molar-refractivity contribution < 1.29 is 33.5 Å². The fourth-order valence-corrected chi connectivity index (χ4v) is 4.70. The van der Waals surface area contributed by atoms with Gasteiger partial charge < -0.3 is 49.5 Å². The summed E-state index contributed by atoms with van der Waals surface area (Å²) < 4.78 is 31.8. The Kier molecular flexibility index (Phi) is 18.3. The van der Waals surface area contributed by atoms with E-state index in [4.69, 9.17) is 63.2 Å². The van der Waals surface area contributed by atoms with Crippen LogP contribution in [0.15, 0.2) is 73.6 Å². The molecule has 6 rings (SSSR count). The van der Waals surface area contributed by atoms with E-state index in [2.05, 4.69) is 60.8 Å². The smallest absolute Gasteiger partial charge is 0.232 e. The number of ether oxygens (including phenoxy) is 6. The van der Waals surface area contributed by atoms with Crippen LogP contribution in [0.3, 0.4) is 0 Å². The number of phenolic OH excluding ortho intramolecular Hbond substituents is 1. The highest BCUT2D eigenvalue weighted by Crippen LogP contribution is 2.32. The third-order valence-corrected chi connectivity index (χ3v) is 7.57. The quantitative estimate of drug-likeness (QED) is 0.0727. The maximum absolute atomic E-state index is 9.84. The number of aromatic hydroxyl groups is 1. The summed E-state index contributed by atoms with van der Waals surface area (Å²) in [5, 5.41) is 19.4. The minimum atomic E-state index is 0.116. The third kappa shape index (κ3) is 15.1. The third-order valence-electron chi connectivity index (χ3n) is 7.02. The second-order valence-electron chi connectivity index (χ2n) is 11.0. The van der Waals surface area contributed by atoms with E-state index in [1.807, 2.05) is 25.1 Å². The van der Waals surface area contributed by atoms with Gasteiger partial charge in [-0.1, -0.05) is 6.07 Å². The first-order valence-corrected chi connectivity index (χ1v) is 18.0. The lowest BCUT2D eigenvalue weighted by atomic mass is 10.2. The van der Waals surface area contributed by atoms with Crippen molar-refractivity contribution in [3.8, 4) is 28.7 Å². The van der Waals surface area contributed by atoms with Crippen LogP contribution < -0.4 is 34.9 Å². The molecule has 0 radical (unpaired) electrons. The molecule has 4 N–H and O–H groups in total. The molecule has 0 aliphatic heterocycles. The van der Waals surface area contributed by atoms with Gasteiger partial charge in [0.05, 0.1) is 27.4 Å². The van der Waals surface area contributed by atoms with E-state index in [0.717, 1.165) is 16.9 Å². The van der Waals surface area contributed by atoms with Crippen molar-refractivity contribution in [1.29, 1.82) is 0 Å². The Morgan fingerprint density at radius 2 is 0.914 bits per heavy atom. The van der Waals surface area contributed by atoms with Gasteiger partial charge in [-0.25, -0.2) is 29.9 Å². The van der Waals surface area contributed by atoms with Crippen molar-refractivity contribution in [2.45, 2.75) is 6.92 Å². The van der Waals surface area contributed by atoms with Gasteiger partial charge in [0.2, 0.25) is 33.7 Å². The van der Waals surface area contributed by atoms with Crippen molar-refractivity contribution in [3.63, 3.8) is 0 Å². The first-order chi connectivity index (χ1) is 28.1. The van der Waals surface area contributed by atoms with E-state index in [9.17, 15) is 5.11 Å². The zero-order valence-electron chi connectivity index (χ0n) is 31.8. The Balaban J connectivity index is 0.000000222. The zero-order valence-corrected chi connectivity index (χ0v) is 34.1.